The van der Waals surface area contributed by atoms with Crippen LogP contribution in [0, 0.1) is 0 Å². The second-order valence-corrected chi connectivity index (χ2v) is 13.8. The first kappa shape index (κ1) is 35.3. The normalized spacial score (nSPS) is 14.5. The summed E-state index contributed by atoms with van der Waals surface area (Å²) in [7, 11) is 3.37. The van der Waals surface area contributed by atoms with E-state index < -0.39 is 0 Å². The molecule has 0 atom stereocenters. The molecular formula is C46H42N6O4. The maximum Gasteiger partial charge on any atom is 0.138 e. The lowest BCUT2D eigenvalue weighted by Crippen LogP contribution is -2.37. The van der Waals surface area contributed by atoms with E-state index in [1.54, 1.807) is 14.2 Å². The van der Waals surface area contributed by atoms with Gasteiger partial charge < -0.3 is 28.7 Å². The summed E-state index contributed by atoms with van der Waals surface area (Å²) in [4.78, 5) is 24.6. The zero-order valence-electron chi connectivity index (χ0n) is 31.5. The SMILES string of the molecule is COc1ccc2nc3cc(-c4ccccc4)nc(N4CCOCC4)c3cc2c1.COc1ccc2nc3cc(-c4ccccc4)nc(N4CCOCC4)c3cc2c1. The van der Waals surface area contributed by atoms with Gasteiger partial charge in [0.25, 0.3) is 0 Å². The fourth-order valence-corrected chi connectivity index (χ4v) is 7.39. The van der Waals surface area contributed by atoms with Crippen LogP contribution in [0.25, 0.3) is 66.1 Å². The molecule has 56 heavy (non-hydrogen) atoms. The van der Waals surface area contributed by atoms with Gasteiger partial charge in [0, 0.05) is 58.9 Å². The lowest BCUT2D eigenvalue weighted by atomic mass is 10.1. The second-order valence-electron chi connectivity index (χ2n) is 13.8. The zero-order chi connectivity index (χ0) is 37.8. The second kappa shape index (κ2) is 15.8. The van der Waals surface area contributed by atoms with Gasteiger partial charge >= 0.3 is 0 Å². The maximum absolute atomic E-state index is 5.55. The standard InChI is InChI=1S/2C23H21N3O2/c2*1-27-18-7-8-20-17(13-18)14-19-22(24-20)15-21(16-5-3-2-4-6-16)25-23(19)26-9-11-28-12-10-26/h2*2-8,13-15H,9-12H2,1H3. The van der Waals surface area contributed by atoms with Gasteiger partial charge in [0.15, 0.2) is 0 Å². The minimum Gasteiger partial charge on any atom is -0.497 e. The van der Waals surface area contributed by atoms with Gasteiger partial charge in [-0.1, -0.05) is 60.7 Å². The van der Waals surface area contributed by atoms with Gasteiger partial charge in [-0.3, -0.25) is 0 Å². The topological polar surface area (TPSA) is 95.0 Å². The van der Waals surface area contributed by atoms with E-state index in [4.69, 9.17) is 38.9 Å². The number of rotatable bonds is 6. The highest BCUT2D eigenvalue weighted by molar-refractivity contribution is 6.01. The molecule has 0 spiro atoms. The van der Waals surface area contributed by atoms with Crippen molar-refractivity contribution in [3.8, 4) is 34.0 Å². The van der Waals surface area contributed by atoms with Gasteiger partial charge in [0.2, 0.25) is 0 Å². The molecule has 0 unspecified atom stereocenters. The highest BCUT2D eigenvalue weighted by atomic mass is 16.5. The van der Waals surface area contributed by atoms with Crippen molar-refractivity contribution in [3.05, 3.63) is 121 Å². The van der Waals surface area contributed by atoms with E-state index >= 15 is 0 Å². The first-order chi connectivity index (χ1) is 27.6. The molecule has 8 aromatic rings. The number of hydrogen-bond donors (Lipinski definition) is 0. The minimum atomic E-state index is 0.716. The first-order valence-electron chi connectivity index (χ1n) is 19.0. The van der Waals surface area contributed by atoms with Gasteiger partial charge in [0.1, 0.15) is 23.1 Å². The average molecular weight is 743 g/mol. The molecule has 2 saturated heterocycles. The Morgan fingerprint density at radius 2 is 0.857 bits per heavy atom. The smallest absolute Gasteiger partial charge is 0.138 e. The van der Waals surface area contributed by atoms with Crippen LogP contribution in [-0.2, 0) is 9.47 Å². The molecule has 0 radical (unpaired) electrons. The molecule has 4 aromatic heterocycles. The molecule has 10 nitrogen and oxygen atoms in total. The first-order valence-corrected chi connectivity index (χ1v) is 19.0. The molecule has 0 aliphatic carbocycles. The Balaban J connectivity index is 0.000000146. The Labute approximate surface area is 325 Å². The lowest BCUT2D eigenvalue weighted by molar-refractivity contribution is 0.122. The molecule has 0 saturated carbocycles. The molecule has 0 bridgehead atoms. The maximum atomic E-state index is 5.55. The molecule has 10 heteroatoms. The number of anilines is 2. The number of fused-ring (bicyclic) bond motifs is 4. The Morgan fingerprint density at radius 1 is 0.446 bits per heavy atom. The largest absolute Gasteiger partial charge is 0.497 e. The van der Waals surface area contributed by atoms with Crippen LogP contribution in [0.5, 0.6) is 11.5 Å². The van der Waals surface area contributed by atoms with Crippen LogP contribution in [-0.4, -0.2) is 86.8 Å². The van der Waals surface area contributed by atoms with Crippen molar-refractivity contribution in [2.75, 3.05) is 76.6 Å². The summed E-state index contributed by atoms with van der Waals surface area (Å²) in [6.45, 7) is 6.18. The fourth-order valence-electron chi connectivity index (χ4n) is 7.39. The van der Waals surface area contributed by atoms with E-state index in [0.717, 1.165) is 115 Å². The van der Waals surface area contributed by atoms with Crippen LogP contribution >= 0.6 is 0 Å². The third-order valence-corrected chi connectivity index (χ3v) is 10.3. The summed E-state index contributed by atoms with van der Waals surface area (Å²) < 4.78 is 21.9. The number of hydrogen-bond acceptors (Lipinski definition) is 10. The van der Waals surface area contributed by atoms with E-state index in [1.165, 1.54) is 0 Å². The van der Waals surface area contributed by atoms with Crippen molar-refractivity contribution in [1.82, 2.24) is 19.9 Å². The van der Waals surface area contributed by atoms with Crippen molar-refractivity contribution in [2.45, 2.75) is 0 Å². The highest BCUT2D eigenvalue weighted by Gasteiger charge is 2.20. The summed E-state index contributed by atoms with van der Waals surface area (Å²) in [6, 6.07) is 41.0. The number of morpholine rings is 2. The van der Waals surface area contributed by atoms with E-state index in [1.807, 2.05) is 72.8 Å². The van der Waals surface area contributed by atoms with Crippen LogP contribution in [0.2, 0.25) is 0 Å². The van der Waals surface area contributed by atoms with E-state index in [9.17, 15) is 0 Å². The summed E-state index contributed by atoms with van der Waals surface area (Å²) in [5.41, 5.74) is 7.87. The number of ether oxygens (including phenoxy) is 4. The Morgan fingerprint density at radius 3 is 1.25 bits per heavy atom. The third-order valence-electron chi connectivity index (χ3n) is 10.3. The monoisotopic (exact) mass is 742 g/mol. The summed E-state index contributed by atoms with van der Waals surface area (Å²) in [5.74, 6) is 3.60. The van der Waals surface area contributed by atoms with Crippen LogP contribution in [0.1, 0.15) is 0 Å². The zero-order valence-corrected chi connectivity index (χ0v) is 31.5. The highest BCUT2D eigenvalue weighted by Crippen LogP contribution is 2.35. The molecule has 2 aliphatic rings. The van der Waals surface area contributed by atoms with Gasteiger partial charge in [-0.25, -0.2) is 19.9 Å². The summed E-state index contributed by atoms with van der Waals surface area (Å²) >= 11 is 0. The van der Waals surface area contributed by atoms with Crippen molar-refractivity contribution in [2.24, 2.45) is 0 Å². The van der Waals surface area contributed by atoms with Crippen molar-refractivity contribution in [3.63, 3.8) is 0 Å². The number of aromatic nitrogens is 4. The molecule has 0 N–H and O–H groups in total. The Bertz CT molecular complexity index is 2460. The fraction of sp³-hybridized carbons (Fsp3) is 0.217. The van der Waals surface area contributed by atoms with Crippen LogP contribution < -0.4 is 19.3 Å². The molecule has 10 rings (SSSR count). The molecule has 4 aromatic carbocycles. The van der Waals surface area contributed by atoms with Crippen LogP contribution in [0.3, 0.4) is 0 Å². The van der Waals surface area contributed by atoms with Crippen molar-refractivity contribution < 1.29 is 18.9 Å². The van der Waals surface area contributed by atoms with E-state index in [0.29, 0.717) is 26.4 Å². The minimum absolute atomic E-state index is 0.716. The molecule has 6 heterocycles. The molecule has 2 aliphatic heterocycles. The number of benzene rings is 4. The van der Waals surface area contributed by atoms with E-state index in [-0.39, 0.29) is 0 Å². The molecule has 280 valence electrons. The molecule has 2 fully saturated rings. The van der Waals surface area contributed by atoms with E-state index in [2.05, 4.69) is 58.3 Å². The third kappa shape index (κ3) is 7.24. The Kier molecular flexibility index (Phi) is 9.96. The van der Waals surface area contributed by atoms with Crippen molar-refractivity contribution in [1.29, 1.82) is 0 Å². The van der Waals surface area contributed by atoms with Gasteiger partial charge in [-0.05, 0) is 60.7 Å². The number of nitrogens with zero attached hydrogens (tertiary/aromatic N) is 6. The van der Waals surface area contributed by atoms with Gasteiger partial charge in [-0.15, -0.1) is 0 Å². The lowest BCUT2D eigenvalue weighted by Gasteiger charge is -2.29. The molecular weight excluding hydrogens is 701 g/mol. The summed E-state index contributed by atoms with van der Waals surface area (Å²) in [5, 5.41) is 4.22. The summed E-state index contributed by atoms with van der Waals surface area (Å²) in [6.07, 6.45) is 0. The average Bonchev–Trinajstić information content (AvgIpc) is 3.28. The van der Waals surface area contributed by atoms with Crippen molar-refractivity contribution >= 4 is 55.2 Å². The number of methoxy groups -OCH3 is 2. The van der Waals surface area contributed by atoms with Crippen LogP contribution in [0.4, 0.5) is 11.6 Å². The Hall–Kier alpha value is -6.36. The predicted octanol–water partition coefficient (Wildman–Crippen LogP) is 8.59. The predicted molar refractivity (Wildman–Crippen MR) is 224 cm³/mol. The number of pyridine rings is 4. The van der Waals surface area contributed by atoms with Gasteiger partial charge in [-0.2, -0.15) is 0 Å². The molecule has 0 amide bonds. The quantitative estimate of drug-likeness (QED) is 0.154. The van der Waals surface area contributed by atoms with Gasteiger partial charge in [0.05, 0.1) is 74.1 Å². The van der Waals surface area contributed by atoms with Crippen LogP contribution in [0.15, 0.2) is 121 Å².